The van der Waals surface area contributed by atoms with E-state index in [0.717, 1.165) is 18.5 Å². The number of amides is 1. The van der Waals surface area contributed by atoms with Crippen LogP contribution in [0.3, 0.4) is 0 Å². The average molecular weight is 470 g/mol. The first-order chi connectivity index (χ1) is 15.5. The third-order valence-electron chi connectivity index (χ3n) is 6.26. The van der Waals surface area contributed by atoms with E-state index in [9.17, 15) is 4.79 Å². The predicted molar refractivity (Wildman–Crippen MR) is 121 cm³/mol. The van der Waals surface area contributed by atoms with Gasteiger partial charge in [-0.3, -0.25) is 4.79 Å². The fourth-order valence-electron chi connectivity index (χ4n) is 4.58. The Bertz CT molecular complexity index is 1140. The molecule has 9 heteroatoms. The minimum absolute atomic E-state index is 0.0566. The molecule has 1 saturated heterocycles. The van der Waals surface area contributed by atoms with Gasteiger partial charge in [-0.1, -0.05) is 23.2 Å². The molecule has 2 fully saturated rings. The number of aromatic nitrogens is 4. The van der Waals surface area contributed by atoms with Crippen molar-refractivity contribution in [2.24, 2.45) is 11.8 Å². The summed E-state index contributed by atoms with van der Waals surface area (Å²) in [6.45, 7) is 2.92. The lowest BCUT2D eigenvalue weighted by atomic mass is 9.73. The van der Waals surface area contributed by atoms with Gasteiger partial charge in [0.05, 0.1) is 11.6 Å². The molecule has 3 atom stereocenters. The molecule has 1 amide bonds. The molecule has 4 heterocycles. The first kappa shape index (κ1) is 21.1. The molecule has 0 bridgehead atoms. The van der Waals surface area contributed by atoms with Gasteiger partial charge in [-0.25, -0.2) is 19.9 Å². The number of hydrogen-bond acceptors (Lipinski definition) is 6. The van der Waals surface area contributed by atoms with Crippen LogP contribution in [0.1, 0.15) is 29.0 Å². The summed E-state index contributed by atoms with van der Waals surface area (Å²) in [5.74, 6) is 1.80. The number of halogens is 2. The summed E-state index contributed by atoms with van der Waals surface area (Å²) < 4.78 is 6.01. The number of pyridine rings is 2. The number of carbonyl (C=O) groups is 1. The highest BCUT2D eigenvalue weighted by atomic mass is 35.5. The van der Waals surface area contributed by atoms with E-state index in [1.165, 1.54) is 0 Å². The molecule has 0 spiro atoms. The molecule has 7 nitrogen and oxygen atoms in total. The molecular weight excluding hydrogens is 449 g/mol. The van der Waals surface area contributed by atoms with Crippen LogP contribution in [0.5, 0.6) is 5.75 Å². The Labute approximate surface area is 195 Å². The molecule has 0 N–H and O–H groups in total. The Kier molecular flexibility index (Phi) is 5.69. The lowest BCUT2D eigenvalue weighted by Gasteiger charge is -2.33. The fourth-order valence-corrected chi connectivity index (χ4v) is 5.02. The van der Waals surface area contributed by atoms with Crippen LogP contribution < -0.4 is 4.74 Å². The van der Waals surface area contributed by atoms with E-state index >= 15 is 0 Å². The lowest BCUT2D eigenvalue weighted by Crippen LogP contribution is -2.43. The molecular formula is C23H21Cl2N5O2. The first-order valence-electron chi connectivity index (χ1n) is 10.5. The summed E-state index contributed by atoms with van der Waals surface area (Å²) in [4.78, 5) is 32.8. The second-order valence-electron chi connectivity index (χ2n) is 8.21. The van der Waals surface area contributed by atoms with Gasteiger partial charge in [0.25, 0.3) is 5.91 Å². The monoisotopic (exact) mass is 469 g/mol. The quantitative estimate of drug-likeness (QED) is 0.512. The van der Waals surface area contributed by atoms with Gasteiger partial charge in [0.2, 0.25) is 0 Å². The summed E-state index contributed by atoms with van der Waals surface area (Å²) in [5, 5.41) is 0.537. The number of carbonyl (C=O) groups excluding carboxylic acids is 1. The highest BCUT2D eigenvalue weighted by Gasteiger charge is 2.49. The van der Waals surface area contributed by atoms with Gasteiger partial charge >= 0.3 is 0 Å². The number of nitrogens with zero attached hydrogens (tertiary/aromatic N) is 5. The number of aryl methyl sites for hydroxylation is 1. The Morgan fingerprint density at radius 3 is 2.56 bits per heavy atom. The van der Waals surface area contributed by atoms with Gasteiger partial charge in [-0.2, -0.15) is 0 Å². The number of ether oxygens (including phenoxy) is 1. The van der Waals surface area contributed by atoms with Gasteiger partial charge < -0.3 is 9.64 Å². The van der Waals surface area contributed by atoms with Crippen LogP contribution in [-0.2, 0) is 0 Å². The molecule has 0 aromatic carbocycles. The third-order valence-corrected chi connectivity index (χ3v) is 6.65. The lowest BCUT2D eigenvalue weighted by molar-refractivity contribution is 0.0645. The fraction of sp³-hybridized carbons (Fsp3) is 0.348. The standard InChI is InChI=1S/C23H21Cl2N5O2/c1-13-3-5-17(22-26-7-2-8-27-22)21(28-13)23(31)30-11-14-4-6-16(14)18(30)12-32-15-9-19(24)29-20(25)10-15/h2-3,5,7-10,14,16,18H,4,6,11-12H2,1H3. The molecule has 3 aromatic heterocycles. The van der Waals surface area contributed by atoms with Crippen molar-refractivity contribution in [2.45, 2.75) is 25.8 Å². The molecule has 1 aliphatic heterocycles. The van der Waals surface area contributed by atoms with Crippen LogP contribution in [0.2, 0.25) is 10.3 Å². The van der Waals surface area contributed by atoms with E-state index in [2.05, 4.69) is 19.9 Å². The molecule has 164 valence electrons. The van der Waals surface area contributed by atoms with Crippen molar-refractivity contribution in [3.63, 3.8) is 0 Å². The Morgan fingerprint density at radius 1 is 1.12 bits per heavy atom. The average Bonchev–Trinajstić information content (AvgIpc) is 3.01. The number of hydrogen-bond donors (Lipinski definition) is 0. The number of rotatable bonds is 5. The maximum absolute atomic E-state index is 13.7. The van der Waals surface area contributed by atoms with Crippen LogP contribution in [0.4, 0.5) is 0 Å². The second-order valence-corrected chi connectivity index (χ2v) is 8.98. The normalized spacial score (nSPS) is 21.7. The molecule has 3 unspecified atom stereocenters. The van der Waals surface area contributed by atoms with E-state index in [1.807, 2.05) is 24.0 Å². The van der Waals surface area contributed by atoms with Crippen molar-refractivity contribution in [1.29, 1.82) is 0 Å². The van der Waals surface area contributed by atoms with Gasteiger partial charge in [0.1, 0.15) is 28.4 Å². The van der Waals surface area contributed by atoms with Crippen molar-refractivity contribution in [3.05, 3.63) is 64.4 Å². The van der Waals surface area contributed by atoms with Crippen molar-refractivity contribution >= 4 is 29.1 Å². The Balaban J connectivity index is 1.43. The number of likely N-dealkylation sites (tertiary alicyclic amines) is 1. The minimum atomic E-state index is -0.120. The van der Waals surface area contributed by atoms with Crippen molar-refractivity contribution in [3.8, 4) is 17.1 Å². The molecule has 2 aliphatic rings. The van der Waals surface area contributed by atoms with Crippen LogP contribution >= 0.6 is 23.2 Å². The summed E-state index contributed by atoms with van der Waals surface area (Å²) in [6, 6.07) is 8.67. The van der Waals surface area contributed by atoms with Gasteiger partial charge in [-0.15, -0.1) is 0 Å². The predicted octanol–water partition coefficient (Wildman–Crippen LogP) is 4.48. The van der Waals surface area contributed by atoms with Gasteiger partial charge in [0.15, 0.2) is 5.82 Å². The number of fused-ring (bicyclic) bond motifs is 1. The van der Waals surface area contributed by atoms with E-state index in [0.29, 0.717) is 47.8 Å². The summed E-state index contributed by atoms with van der Waals surface area (Å²) >= 11 is 12.0. The first-order valence-corrected chi connectivity index (χ1v) is 11.3. The highest BCUT2D eigenvalue weighted by Crippen LogP contribution is 2.45. The zero-order valence-corrected chi connectivity index (χ0v) is 18.9. The molecule has 5 rings (SSSR count). The Morgan fingerprint density at radius 2 is 1.88 bits per heavy atom. The Hall–Kier alpha value is -2.77. The SMILES string of the molecule is Cc1ccc(-c2ncccn2)c(C(=O)N2CC3CCC3C2COc2cc(Cl)nc(Cl)c2)n1. The van der Waals surface area contributed by atoms with Crippen LogP contribution in [0, 0.1) is 18.8 Å². The van der Waals surface area contributed by atoms with E-state index < -0.39 is 0 Å². The molecule has 32 heavy (non-hydrogen) atoms. The third kappa shape index (κ3) is 4.02. The van der Waals surface area contributed by atoms with E-state index in [4.69, 9.17) is 27.9 Å². The molecule has 1 aliphatic carbocycles. The zero-order chi connectivity index (χ0) is 22.2. The van der Waals surface area contributed by atoms with Crippen molar-refractivity contribution in [1.82, 2.24) is 24.8 Å². The molecule has 1 saturated carbocycles. The van der Waals surface area contributed by atoms with Crippen molar-refractivity contribution < 1.29 is 9.53 Å². The summed E-state index contributed by atoms with van der Waals surface area (Å²) in [7, 11) is 0. The molecule has 3 aromatic rings. The van der Waals surface area contributed by atoms with Gasteiger partial charge in [0, 0.05) is 36.8 Å². The minimum Gasteiger partial charge on any atom is -0.491 e. The van der Waals surface area contributed by atoms with Crippen LogP contribution in [0.25, 0.3) is 11.4 Å². The van der Waals surface area contributed by atoms with Crippen LogP contribution in [-0.4, -0.2) is 49.9 Å². The van der Waals surface area contributed by atoms with E-state index in [-0.39, 0.29) is 22.3 Å². The topological polar surface area (TPSA) is 81.1 Å². The van der Waals surface area contributed by atoms with Gasteiger partial charge in [-0.05, 0) is 49.8 Å². The summed E-state index contributed by atoms with van der Waals surface area (Å²) in [6.07, 6.45) is 5.52. The highest BCUT2D eigenvalue weighted by molar-refractivity contribution is 6.32. The maximum Gasteiger partial charge on any atom is 0.273 e. The second kappa shape index (κ2) is 8.64. The largest absolute Gasteiger partial charge is 0.491 e. The summed E-state index contributed by atoms with van der Waals surface area (Å²) in [5.41, 5.74) is 1.77. The maximum atomic E-state index is 13.7. The van der Waals surface area contributed by atoms with Crippen LogP contribution in [0.15, 0.2) is 42.7 Å². The smallest absolute Gasteiger partial charge is 0.273 e. The zero-order valence-electron chi connectivity index (χ0n) is 17.4. The van der Waals surface area contributed by atoms with Crippen molar-refractivity contribution in [2.75, 3.05) is 13.2 Å². The van der Waals surface area contributed by atoms with E-state index in [1.54, 1.807) is 30.6 Å². The molecule has 0 radical (unpaired) electrons.